The standard InChI is InChI=1S/C14H21NOS/c1-5-15(6-2)14(16)11(3)12-7-9-13(17-4)10-8-12/h7-11H,5-6H2,1-4H3. The van der Waals surface area contributed by atoms with E-state index >= 15 is 0 Å². The Morgan fingerprint density at radius 3 is 2.18 bits per heavy atom. The smallest absolute Gasteiger partial charge is 0.229 e. The zero-order valence-corrected chi connectivity index (χ0v) is 11.9. The van der Waals surface area contributed by atoms with Crippen LogP contribution in [0.15, 0.2) is 29.2 Å². The molecule has 0 bridgehead atoms. The predicted octanol–water partition coefficient (Wildman–Crippen LogP) is 3.38. The summed E-state index contributed by atoms with van der Waals surface area (Å²) in [6.07, 6.45) is 2.06. The van der Waals surface area contributed by atoms with Gasteiger partial charge in [0.15, 0.2) is 0 Å². The van der Waals surface area contributed by atoms with Crippen molar-refractivity contribution in [1.29, 1.82) is 0 Å². The molecule has 1 atom stereocenters. The fourth-order valence-corrected chi connectivity index (χ4v) is 2.25. The van der Waals surface area contributed by atoms with Crippen LogP contribution >= 0.6 is 11.8 Å². The van der Waals surface area contributed by atoms with Crippen molar-refractivity contribution in [2.24, 2.45) is 0 Å². The zero-order valence-electron chi connectivity index (χ0n) is 11.1. The highest BCUT2D eigenvalue weighted by molar-refractivity contribution is 7.98. The van der Waals surface area contributed by atoms with Crippen LogP contribution in [0.25, 0.3) is 0 Å². The molecule has 17 heavy (non-hydrogen) atoms. The van der Waals surface area contributed by atoms with E-state index in [1.54, 1.807) is 11.8 Å². The second kappa shape index (κ2) is 6.70. The normalized spacial score (nSPS) is 12.2. The third-order valence-corrected chi connectivity index (χ3v) is 3.80. The minimum atomic E-state index is -0.0502. The van der Waals surface area contributed by atoms with E-state index < -0.39 is 0 Å². The van der Waals surface area contributed by atoms with Gasteiger partial charge < -0.3 is 4.90 Å². The molecule has 1 aromatic rings. The van der Waals surface area contributed by atoms with Gasteiger partial charge in [0, 0.05) is 18.0 Å². The average Bonchev–Trinajstić information content (AvgIpc) is 2.39. The Bertz CT molecular complexity index is 357. The molecule has 0 radical (unpaired) electrons. The van der Waals surface area contributed by atoms with E-state index in [2.05, 4.69) is 30.5 Å². The summed E-state index contributed by atoms with van der Waals surface area (Å²) in [6.45, 7) is 7.58. The fraction of sp³-hybridized carbons (Fsp3) is 0.500. The van der Waals surface area contributed by atoms with Gasteiger partial charge in [-0.05, 0) is 44.7 Å². The Labute approximate surface area is 108 Å². The lowest BCUT2D eigenvalue weighted by Gasteiger charge is -2.23. The SMILES string of the molecule is CCN(CC)C(=O)C(C)c1ccc(SC)cc1. The van der Waals surface area contributed by atoms with Crippen LogP contribution in [-0.4, -0.2) is 30.2 Å². The highest BCUT2D eigenvalue weighted by atomic mass is 32.2. The summed E-state index contributed by atoms with van der Waals surface area (Å²) in [5, 5.41) is 0. The van der Waals surface area contributed by atoms with E-state index in [1.165, 1.54) is 4.90 Å². The molecule has 1 unspecified atom stereocenters. The Morgan fingerprint density at radius 1 is 1.24 bits per heavy atom. The number of amides is 1. The Morgan fingerprint density at radius 2 is 1.76 bits per heavy atom. The first-order valence-electron chi connectivity index (χ1n) is 6.06. The number of likely N-dealkylation sites (N-methyl/N-ethyl adjacent to an activating group) is 1. The van der Waals surface area contributed by atoms with Crippen LogP contribution in [0.4, 0.5) is 0 Å². The molecule has 0 N–H and O–H groups in total. The van der Waals surface area contributed by atoms with E-state index in [0.717, 1.165) is 18.7 Å². The Kier molecular flexibility index (Phi) is 5.56. The van der Waals surface area contributed by atoms with Gasteiger partial charge in [0.2, 0.25) is 5.91 Å². The van der Waals surface area contributed by atoms with Gasteiger partial charge in [-0.3, -0.25) is 4.79 Å². The maximum atomic E-state index is 12.2. The van der Waals surface area contributed by atoms with Crippen molar-refractivity contribution in [2.45, 2.75) is 31.6 Å². The lowest BCUT2D eigenvalue weighted by molar-refractivity contribution is -0.132. The van der Waals surface area contributed by atoms with Crippen molar-refractivity contribution in [3.05, 3.63) is 29.8 Å². The molecule has 0 aliphatic carbocycles. The maximum absolute atomic E-state index is 12.2. The summed E-state index contributed by atoms with van der Waals surface area (Å²) in [5.41, 5.74) is 1.10. The molecule has 0 saturated heterocycles. The third kappa shape index (κ3) is 3.50. The first-order valence-corrected chi connectivity index (χ1v) is 7.29. The second-order valence-electron chi connectivity index (χ2n) is 4.01. The molecule has 2 nitrogen and oxygen atoms in total. The molecule has 94 valence electrons. The van der Waals surface area contributed by atoms with Crippen molar-refractivity contribution in [3.63, 3.8) is 0 Å². The lowest BCUT2D eigenvalue weighted by Crippen LogP contribution is -2.33. The molecule has 1 rings (SSSR count). The number of rotatable bonds is 5. The van der Waals surface area contributed by atoms with Crippen LogP contribution in [0.1, 0.15) is 32.3 Å². The molecule has 1 aromatic carbocycles. The van der Waals surface area contributed by atoms with Crippen molar-refractivity contribution >= 4 is 17.7 Å². The summed E-state index contributed by atoms with van der Waals surface area (Å²) in [7, 11) is 0. The van der Waals surface area contributed by atoms with Crippen LogP contribution < -0.4 is 0 Å². The minimum absolute atomic E-state index is 0.0502. The highest BCUT2D eigenvalue weighted by Crippen LogP contribution is 2.21. The quantitative estimate of drug-likeness (QED) is 0.748. The first-order chi connectivity index (χ1) is 8.13. The van der Waals surface area contributed by atoms with Gasteiger partial charge in [-0.15, -0.1) is 11.8 Å². The largest absolute Gasteiger partial charge is 0.343 e. The monoisotopic (exact) mass is 251 g/mol. The second-order valence-corrected chi connectivity index (χ2v) is 4.89. The van der Waals surface area contributed by atoms with E-state index in [9.17, 15) is 4.79 Å². The van der Waals surface area contributed by atoms with Crippen LogP contribution in [0.2, 0.25) is 0 Å². The molecule has 1 amide bonds. The minimum Gasteiger partial charge on any atom is -0.343 e. The van der Waals surface area contributed by atoms with E-state index in [0.29, 0.717) is 0 Å². The van der Waals surface area contributed by atoms with Gasteiger partial charge in [-0.2, -0.15) is 0 Å². The van der Waals surface area contributed by atoms with E-state index in [-0.39, 0.29) is 11.8 Å². The summed E-state index contributed by atoms with van der Waals surface area (Å²) in [5.74, 6) is 0.165. The molecular formula is C14H21NOS. The number of nitrogens with zero attached hydrogens (tertiary/aromatic N) is 1. The van der Waals surface area contributed by atoms with Crippen molar-refractivity contribution in [1.82, 2.24) is 4.90 Å². The van der Waals surface area contributed by atoms with Crippen molar-refractivity contribution < 1.29 is 4.79 Å². The number of hydrogen-bond donors (Lipinski definition) is 0. The highest BCUT2D eigenvalue weighted by Gasteiger charge is 2.19. The number of thioether (sulfide) groups is 1. The number of hydrogen-bond acceptors (Lipinski definition) is 2. The molecule has 0 heterocycles. The van der Waals surface area contributed by atoms with Gasteiger partial charge >= 0.3 is 0 Å². The fourth-order valence-electron chi connectivity index (χ4n) is 1.84. The van der Waals surface area contributed by atoms with Crippen LogP contribution in [0, 0.1) is 0 Å². The third-order valence-electron chi connectivity index (χ3n) is 3.06. The van der Waals surface area contributed by atoms with Crippen LogP contribution in [0.3, 0.4) is 0 Å². The van der Waals surface area contributed by atoms with Crippen LogP contribution in [-0.2, 0) is 4.79 Å². The van der Waals surface area contributed by atoms with E-state index in [1.807, 2.05) is 25.7 Å². The number of benzene rings is 1. The number of carbonyl (C=O) groups excluding carboxylic acids is 1. The first kappa shape index (κ1) is 14.1. The molecule has 3 heteroatoms. The predicted molar refractivity (Wildman–Crippen MR) is 74.6 cm³/mol. The van der Waals surface area contributed by atoms with Crippen molar-refractivity contribution in [3.8, 4) is 0 Å². The van der Waals surface area contributed by atoms with Gasteiger partial charge in [0.1, 0.15) is 0 Å². The van der Waals surface area contributed by atoms with E-state index in [4.69, 9.17) is 0 Å². The molecule has 0 aliphatic heterocycles. The summed E-state index contributed by atoms with van der Waals surface area (Å²) >= 11 is 1.72. The summed E-state index contributed by atoms with van der Waals surface area (Å²) in [4.78, 5) is 15.3. The van der Waals surface area contributed by atoms with Gasteiger partial charge in [0.25, 0.3) is 0 Å². The lowest BCUT2D eigenvalue weighted by atomic mass is 10.00. The molecule has 0 saturated carbocycles. The van der Waals surface area contributed by atoms with Gasteiger partial charge in [-0.25, -0.2) is 0 Å². The van der Waals surface area contributed by atoms with Crippen molar-refractivity contribution in [2.75, 3.05) is 19.3 Å². The summed E-state index contributed by atoms with van der Waals surface area (Å²) in [6, 6.07) is 8.26. The number of carbonyl (C=O) groups is 1. The topological polar surface area (TPSA) is 20.3 Å². The molecule has 0 fully saturated rings. The Hall–Kier alpha value is -0.960. The van der Waals surface area contributed by atoms with Crippen LogP contribution in [0.5, 0.6) is 0 Å². The Balaban J connectivity index is 2.80. The van der Waals surface area contributed by atoms with Gasteiger partial charge in [-0.1, -0.05) is 12.1 Å². The molecule has 0 spiro atoms. The average molecular weight is 251 g/mol. The molecule has 0 aliphatic rings. The van der Waals surface area contributed by atoms with Gasteiger partial charge in [0.05, 0.1) is 5.92 Å². The zero-order chi connectivity index (χ0) is 12.8. The molecular weight excluding hydrogens is 230 g/mol. The summed E-state index contributed by atoms with van der Waals surface area (Å²) < 4.78 is 0. The maximum Gasteiger partial charge on any atom is 0.229 e. The molecule has 0 aromatic heterocycles.